The van der Waals surface area contributed by atoms with Crippen molar-refractivity contribution in [1.82, 2.24) is 15.4 Å². The lowest BCUT2D eigenvalue weighted by molar-refractivity contribution is 0.930. The van der Waals surface area contributed by atoms with Crippen LogP contribution in [0.15, 0.2) is 0 Å². The van der Waals surface area contributed by atoms with Gasteiger partial charge in [-0.15, -0.1) is 17.5 Å². The van der Waals surface area contributed by atoms with Crippen molar-refractivity contribution < 1.29 is 0 Å². The van der Waals surface area contributed by atoms with Crippen LogP contribution in [0, 0.1) is 6.92 Å². The van der Waals surface area contributed by atoms with Gasteiger partial charge in [0, 0.05) is 0 Å². The summed E-state index contributed by atoms with van der Waals surface area (Å²) in [6, 6.07) is 0. The van der Waals surface area contributed by atoms with Crippen LogP contribution in [0.1, 0.15) is 5.69 Å². The predicted octanol–water partition coefficient (Wildman–Crippen LogP) is 0.117. The highest BCUT2D eigenvalue weighted by atomic mass is 35.5. The van der Waals surface area contributed by atoms with Crippen molar-refractivity contribution in [2.24, 2.45) is 0 Å². The molecule has 0 bridgehead atoms. The van der Waals surface area contributed by atoms with E-state index in [1.165, 1.54) is 0 Å². The third kappa shape index (κ3) is 1.10. The molecule has 0 fully saturated rings. The third-order valence-electron chi connectivity index (χ3n) is 0.759. The molecule has 0 spiro atoms. The van der Waals surface area contributed by atoms with Crippen molar-refractivity contribution in [3.63, 3.8) is 0 Å². The summed E-state index contributed by atoms with van der Waals surface area (Å²) < 4.78 is 0. The number of hydrogen-bond acceptors (Lipinski definition) is 3. The Morgan fingerprint density at radius 1 is 1.50 bits per heavy atom. The standard InChI is InChI=1S/C3H6N4.ClH/c1-2-3(4)6-7-5-2;/h1H3,(H3,4,5,6,7);1H. The van der Waals surface area contributed by atoms with Crippen molar-refractivity contribution in [2.45, 2.75) is 6.92 Å². The highest BCUT2D eigenvalue weighted by Crippen LogP contribution is 1.95. The van der Waals surface area contributed by atoms with Gasteiger partial charge in [0.25, 0.3) is 0 Å². The van der Waals surface area contributed by atoms with Gasteiger partial charge >= 0.3 is 0 Å². The van der Waals surface area contributed by atoms with Gasteiger partial charge < -0.3 is 5.73 Å². The summed E-state index contributed by atoms with van der Waals surface area (Å²) in [5.74, 6) is 0.472. The largest absolute Gasteiger partial charge is 0.381 e. The number of anilines is 1. The second kappa shape index (κ2) is 2.52. The van der Waals surface area contributed by atoms with E-state index in [-0.39, 0.29) is 12.4 Å². The van der Waals surface area contributed by atoms with Crippen molar-refractivity contribution in [1.29, 1.82) is 0 Å². The number of nitrogens with one attached hydrogen (secondary N) is 1. The number of nitrogens with zero attached hydrogens (tertiary/aromatic N) is 2. The van der Waals surface area contributed by atoms with Crippen LogP contribution in [0.25, 0.3) is 0 Å². The van der Waals surface area contributed by atoms with E-state index < -0.39 is 0 Å². The van der Waals surface area contributed by atoms with Crippen LogP contribution >= 0.6 is 12.4 Å². The van der Waals surface area contributed by atoms with Crippen LogP contribution in [0.2, 0.25) is 0 Å². The Kier molecular flexibility index (Phi) is 2.27. The lowest BCUT2D eigenvalue weighted by atomic mass is 10.5. The maximum Gasteiger partial charge on any atom is 0.168 e. The summed E-state index contributed by atoms with van der Waals surface area (Å²) >= 11 is 0. The molecule has 1 heterocycles. The summed E-state index contributed by atoms with van der Waals surface area (Å²) in [5, 5.41) is 9.59. The van der Waals surface area contributed by atoms with E-state index in [0.717, 1.165) is 5.69 Å². The molecule has 0 saturated heterocycles. The molecule has 0 radical (unpaired) electrons. The predicted molar refractivity (Wildman–Crippen MR) is 32.8 cm³/mol. The Balaban J connectivity index is 0.000000490. The second-order valence-corrected chi connectivity index (χ2v) is 1.29. The van der Waals surface area contributed by atoms with Gasteiger partial charge in [0.2, 0.25) is 0 Å². The number of H-pyrrole nitrogens is 1. The number of hydrogen-bond donors (Lipinski definition) is 2. The van der Waals surface area contributed by atoms with Gasteiger partial charge in [0.15, 0.2) is 5.82 Å². The summed E-state index contributed by atoms with van der Waals surface area (Å²) in [7, 11) is 0. The van der Waals surface area contributed by atoms with E-state index in [1.54, 1.807) is 6.92 Å². The molecule has 0 aliphatic heterocycles. The van der Waals surface area contributed by atoms with E-state index in [9.17, 15) is 0 Å². The molecule has 0 unspecified atom stereocenters. The Morgan fingerprint density at radius 2 is 2.12 bits per heavy atom. The molecule has 8 heavy (non-hydrogen) atoms. The quantitative estimate of drug-likeness (QED) is 0.530. The third-order valence-corrected chi connectivity index (χ3v) is 0.759. The molecular formula is C3H7ClN4. The van der Waals surface area contributed by atoms with Crippen LogP contribution < -0.4 is 5.73 Å². The molecule has 0 saturated carbocycles. The molecule has 1 aromatic rings. The van der Waals surface area contributed by atoms with Crippen LogP contribution in [0.5, 0.6) is 0 Å². The lowest BCUT2D eigenvalue weighted by Gasteiger charge is -1.75. The van der Waals surface area contributed by atoms with Gasteiger partial charge in [-0.25, -0.2) is 0 Å². The fourth-order valence-corrected chi connectivity index (χ4v) is 0.292. The number of nitrogens with two attached hydrogens (primary N) is 1. The fourth-order valence-electron chi connectivity index (χ4n) is 0.292. The molecule has 0 atom stereocenters. The number of aromatic nitrogens is 3. The Labute approximate surface area is 52.9 Å². The van der Waals surface area contributed by atoms with Gasteiger partial charge in [-0.3, -0.25) is 0 Å². The van der Waals surface area contributed by atoms with E-state index in [4.69, 9.17) is 5.73 Å². The minimum Gasteiger partial charge on any atom is -0.381 e. The maximum atomic E-state index is 5.23. The first-order chi connectivity index (χ1) is 3.30. The average molecular weight is 135 g/mol. The van der Waals surface area contributed by atoms with Crippen LogP contribution in [0.3, 0.4) is 0 Å². The van der Waals surface area contributed by atoms with Crippen molar-refractivity contribution >= 4 is 18.2 Å². The van der Waals surface area contributed by atoms with Gasteiger partial charge in [-0.2, -0.15) is 10.3 Å². The first-order valence-electron chi connectivity index (χ1n) is 1.93. The smallest absolute Gasteiger partial charge is 0.168 e. The number of aryl methyl sites for hydroxylation is 1. The van der Waals surface area contributed by atoms with Crippen molar-refractivity contribution in [2.75, 3.05) is 5.73 Å². The van der Waals surface area contributed by atoms with Crippen molar-refractivity contribution in [3.05, 3.63) is 5.69 Å². The molecule has 1 rings (SSSR count). The highest BCUT2D eigenvalue weighted by molar-refractivity contribution is 5.85. The fraction of sp³-hybridized carbons (Fsp3) is 0.333. The average Bonchev–Trinajstić information content (AvgIpc) is 1.91. The number of nitrogen functional groups attached to an aromatic ring is 1. The Morgan fingerprint density at radius 3 is 2.25 bits per heavy atom. The molecule has 4 nitrogen and oxygen atoms in total. The number of aromatic amines is 1. The first kappa shape index (κ1) is 7.23. The van der Waals surface area contributed by atoms with E-state index in [1.807, 2.05) is 0 Å². The normalized spacial score (nSPS) is 8.12. The summed E-state index contributed by atoms with van der Waals surface area (Å²) in [6.07, 6.45) is 0. The Hall–Kier alpha value is -0.770. The topological polar surface area (TPSA) is 67.6 Å². The molecule has 0 aromatic carbocycles. The molecule has 0 aliphatic rings. The SMILES string of the molecule is Cc1n[nH]nc1N.Cl. The zero-order valence-electron chi connectivity index (χ0n) is 4.38. The van der Waals surface area contributed by atoms with Crippen LogP contribution in [0.4, 0.5) is 5.82 Å². The van der Waals surface area contributed by atoms with Gasteiger partial charge in [0.05, 0.1) is 0 Å². The molecule has 0 amide bonds. The molecule has 3 N–H and O–H groups in total. The van der Waals surface area contributed by atoms with Gasteiger partial charge in [0.1, 0.15) is 5.69 Å². The summed E-state index contributed by atoms with van der Waals surface area (Å²) in [4.78, 5) is 0. The van der Waals surface area contributed by atoms with Crippen LogP contribution in [-0.2, 0) is 0 Å². The summed E-state index contributed by atoms with van der Waals surface area (Å²) in [5.41, 5.74) is 5.98. The second-order valence-electron chi connectivity index (χ2n) is 1.29. The summed E-state index contributed by atoms with van der Waals surface area (Å²) in [6.45, 7) is 1.79. The van der Waals surface area contributed by atoms with Crippen LogP contribution in [-0.4, -0.2) is 15.4 Å². The van der Waals surface area contributed by atoms with Crippen molar-refractivity contribution in [3.8, 4) is 0 Å². The number of rotatable bonds is 0. The molecular weight excluding hydrogens is 128 g/mol. The zero-order chi connectivity index (χ0) is 5.28. The highest BCUT2D eigenvalue weighted by Gasteiger charge is 1.91. The monoisotopic (exact) mass is 134 g/mol. The number of halogens is 1. The maximum absolute atomic E-state index is 5.23. The van der Waals surface area contributed by atoms with Gasteiger partial charge in [-0.1, -0.05) is 0 Å². The molecule has 46 valence electrons. The lowest BCUT2D eigenvalue weighted by Crippen LogP contribution is -1.85. The van der Waals surface area contributed by atoms with E-state index in [2.05, 4.69) is 15.4 Å². The Bertz CT molecular complexity index is 144. The molecule has 5 heteroatoms. The van der Waals surface area contributed by atoms with Gasteiger partial charge in [-0.05, 0) is 6.92 Å². The van der Waals surface area contributed by atoms with E-state index >= 15 is 0 Å². The van der Waals surface area contributed by atoms with E-state index in [0.29, 0.717) is 5.82 Å². The molecule has 1 aromatic heterocycles. The first-order valence-corrected chi connectivity index (χ1v) is 1.93. The minimum absolute atomic E-state index is 0. The molecule has 0 aliphatic carbocycles. The minimum atomic E-state index is 0. The zero-order valence-corrected chi connectivity index (χ0v) is 5.20.